The van der Waals surface area contributed by atoms with Gasteiger partial charge in [-0.05, 0) is 34.1 Å². The van der Waals surface area contributed by atoms with Crippen LogP contribution >= 0.6 is 27.5 Å². The maximum Gasteiger partial charge on any atom is 0.243 e. The molecule has 0 aromatic heterocycles. The monoisotopic (exact) mass is 322 g/mol. The molecule has 86 valence electrons. The second-order valence-electron chi connectivity index (χ2n) is 3.00. The Balaban J connectivity index is 3.18. The largest absolute Gasteiger partial charge is 0.243 e. The van der Waals surface area contributed by atoms with Crippen molar-refractivity contribution in [2.24, 2.45) is 0 Å². The highest BCUT2D eigenvalue weighted by Crippen LogP contribution is 2.26. The van der Waals surface area contributed by atoms with Crippen molar-refractivity contribution in [3.8, 4) is 6.07 Å². The average molecular weight is 324 g/mol. The van der Waals surface area contributed by atoms with E-state index in [0.717, 1.165) is 4.31 Å². The zero-order valence-electron chi connectivity index (χ0n) is 8.31. The molecule has 4 nitrogen and oxygen atoms in total. The van der Waals surface area contributed by atoms with Gasteiger partial charge < -0.3 is 0 Å². The highest BCUT2D eigenvalue weighted by Gasteiger charge is 2.20. The summed E-state index contributed by atoms with van der Waals surface area (Å²) in [6.45, 7) is -0.192. The molecule has 16 heavy (non-hydrogen) atoms. The molecule has 0 fully saturated rings. The van der Waals surface area contributed by atoms with E-state index in [4.69, 9.17) is 16.9 Å². The molecule has 1 aromatic rings. The van der Waals surface area contributed by atoms with Crippen LogP contribution in [0.2, 0.25) is 5.02 Å². The molecule has 0 saturated carbocycles. The summed E-state index contributed by atoms with van der Waals surface area (Å²) in [6.07, 6.45) is 0. The van der Waals surface area contributed by atoms with E-state index in [2.05, 4.69) is 15.9 Å². The minimum atomic E-state index is -3.62. The second-order valence-corrected chi connectivity index (χ2v) is 6.30. The van der Waals surface area contributed by atoms with Gasteiger partial charge in [-0.1, -0.05) is 11.6 Å². The summed E-state index contributed by atoms with van der Waals surface area (Å²) < 4.78 is 25.3. The molecule has 7 heteroatoms. The molecule has 0 heterocycles. The minimum absolute atomic E-state index is 0.0986. The minimum Gasteiger partial charge on any atom is -0.207 e. The molecule has 0 aliphatic carbocycles. The van der Waals surface area contributed by atoms with Crippen molar-refractivity contribution in [3.05, 3.63) is 27.7 Å². The van der Waals surface area contributed by atoms with Crippen LogP contribution in [0.25, 0.3) is 0 Å². The van der Waals surface area contributed by atoms with E-state index in [1.165, 1.54) is 25.2 Å². The van der Waals surface area contributed by atoms with Crippen LogP contribution in [0.15, 0.2) is 27.6 Å². The molecular weight excluding hydrogens is 316 g/mol. The van der Waals surface area contributed by atoms with Crippen LogP contribution in [0, 0.1) is 11.3 Å². The van der Waals surface area contributed by atoms with Gasteiger partial charge in [0.1, 0.15) is 6.54 Å². The van der Waals surface area contributed by atoms with Gasteiger partial charge in [-0.2, -0.15) is 9.57 Å². The standard InChI is InChI=1S/C9H8BrClN2O2S/c1-13(5-4-12)16(14,15)7-2-3-9(11)8(10)6-7/h2-3,6H,5H2,1H3. The van der Waals surface area contributed by atoms with E-state index in [1.807, 2.05) is 0 Å². The van der Waals surface area contributed by atoms with Gasteiger partial charge in [0.2, 0.25) is 10.0 Å². The molecule has 0 aliphatic rings. The summed E-state index contributed by atoms with van der Waals surface area (Å²) in [5.41, 5.74) is 0. The lowest BCUT2D eigenvalue weighted by Crippen LogP contribution is -2.27. The van der Waals surface area contributed by atoms with E-state index < -0.39 is 10.0 Å². The molecule has 0 spiro atoms. The van der Waals surface area contributed by atoms with E-state index in [1.54, 1.807) is 6.07 Å². The Kier molecular flexibility index (Phi) is 4.33. The van der Waals surface area contributed by atoms with Crippen molar-refractivity contribution in [3.63, 3.8) is 0 Å². The molecule has 0 aliphatic heterocycles. The highest BCUT2D eigenvalue weighted by atomic mass is 79.9. The molecule has 0 bridgehead atoms. The van der Waals surface area contributed by atoms with Crippen LogP contribution in [0.1, 0.15) is 0 Å². The Morgan fingerprint density at radius 2 is 2.19 bits per heavy atom. The van der Waals surface area contributed by atoms with Crippen LogP contribution in [-0.2, 0) is 10.0 Å². The van der Waals surface area contributed by atoms with Gasteiger partial charge >= 0.3 is 0 Å². The van der Waals surface area contributed by atoms with Gasteiger partial charge in [-0.3, -0.25) is 0 Å². The van der Waals surface area contributed by atoms with Gasteiger partial charge in [-0.15, -0.1) is 0 Å². The Labute approximate surface area is 108 Å². The highest BCUT2D eigenvalue weighted by molar-refractivity contribution is 9.10. The SMILES string of the molecule is CN(CC#N)S(=O)(=O)c1ccc(Cl)c(Br)c1. The van der Waals surface area contributed by atoms with Crippen molar-refractivity contribution in [2.75, 3.05) is 13.6 Å². The number of hydrogen-bond acceptors (Lipinski definition) is 3. The zero-order chi connectivity index (χ0) is 12.3. The Morgan fingerprint density at radius 1 is 1.56 bits per heavy atom. The van der Waals surface area contributed by atoms with Gasteiger partial charge in [0.15, 0.2) is 0 Å². The van der Waals surface area contributed by atoms with E-state index in [-0.39, 0.29) is 11.4 Å². The number of rotatable bonds is 3. The number of sulfonamides is 1. The predicted molar refractivity (Wildman–Crippen MR) is 64.6 cm³/mol. The van der Waals surface area contributed by atoms with E-state index in [9.17, 15) is 8.42 Å². The Hall–Kier alpha value is -0.610. The van der Waals surface area contributed by atoms with Crippen LogP contribution in [0.3, 0.4) is 0 Å². The van der Waals surface area contributed by atoms with Crippen molar-refractivity contribution >= 4 is 37.6 Å². The lowest BCUT2D eigenvalue weighted by Gasteiger charge is -2.13. The van der Waals surface area contributed by atoms with Crippen molar-refractivity contribution in [1.29, 1.82) is 5.26 Å². The lowest BCUT2D eigenvalue weighted by atomic mass is 10.4. The zero-order valence-corrected chi connectivity index (χ0v) is 11.5. The van der Waals surface area contributed by atoms with Crippen LogP contribution in [0.4, 0.5) is 0 Å². The summed E-state index contributed by atoms with van der Waals surface area (Å²) in [6, 6.07) is 6.07. The van der Waals surface area contributed by atoms with Gasteiger partial charge in [0.05, 0.1) is 16.0 Å². The lowest BCUT2D eigenvalue weighted by molar-refractivity contribution is 0.501. The van der Waals surface area contributed by atoms with Crippen LogP contribution in [-0.4, -0.2) is 26.3 Å². The molecule has 0 radical (unpaired) electrons. The fraction of sp³-hybridized carbons (Fsp3) is 0.222. The van der Waals surface area contributed by atoms with Crippen molar-refractivity contribution in [2.45, 2.75) is 4.90 Å². The summed E-state index contributed by atoms with van der Waals surface area (Å²) in [4.78, 5) is 0.0986. The number of hydrogen-bond donors (Lipinski definition) is 0. The number of nitrogens with zero attached hydrogens (tertiary/aromatic N) is 2. The quantitative estimate of drug-likeness (QED) is 0.802. The molecule has 1 aromatic carbocycles. The normalized spacial score (nSPS) is 11.4. The predicted octanol–water partition coefficient (Wildman–Crippen LogP) is 2.25. The Morgan fingerprint density at radius 3 is 2.69 bits per heavy atom. The third-order valence-electron chi connectivity index (χ3n) is 1.89. The molecule has 0 amide bonds. The van der Waals surface area contributed by atoms with Gasteiger partial charge in [0.25, 0.3) is 0 Å². The Bertz CT molecular complexity index is 539. The van der Waals surface area contributed by atoms with Gasteiger partial charge in [-0.25, -0.2) is 8.42 Å². The summed E-state index contributed by atoms with van der Waals surface area (Å²) in [7, 11) is -2.27. The third kappa shape index (κ3) is 2.74. The summed E-state index contributed by atoms with van der Waals surface area (Å²) >= 11 is 8.91. The van der Waals surface area contributed by atoms with Crippen molar-refractivity contribution in [1.82, 2.24) is 4.31 Å². The summed E-state index contributed by atoms with van der Waals surface area (Å²) in [5, 5.41) is 8.89. The fourth-order valence-corrected chi connectivity index (χ4v) is 2.74. The first-order valence-corrected chi connectivity index (χ1v) is 6.79. The van der Waals surface area contributed by atoms with Crippen molar-refractivity contribution < 1.29 is 8.42 Å². The average Bonchev–Trinajstić information content (AvgIpc) is 2.22. The first-order valence-electron chi connectivity index (χ1n) is 4.18. The number of nitriles is 1. The first-order chi connectivity index (χ1) is 7.39. The second kappa shape index (κ2) is 5.15. The molecular formula is C9H8BrClN2O2S. The molecule has 1 rings (SSSR count). The van der Waals surface area contributed by atoms with Gasteiger partial charge in [0, 0.05) is 11.5 Å². The number of halogens is 2. The first kappa shape index (κ1) is 13.5. The smallest absolute Gasteiger partial charge is 0.207 e. The fourth-order valence-electron chi connectivity index (χ4n) is 1.00. The van der Waals surface area contributed by atoms with Crippen LogP contribution in [0.5, 0.6) is 0 Å². The molecule has 0 unspecified atom stereocenters. The molecule has 0 atom stereocenters. The van der Waals surface area contributed by atoms with Crippen LogP contribution < -0.4 is 0 Å². The molecule has 0 saturated heterocycles. The topological polar surface area (TPSA) is 61.2 Å². The van der Waals surface area contributed by atoms with E-state index in [0.29, 0.717) is 9.50 Å². The third-order valence-corrected chi connectivity index (χ3v) is 4.91. The maximum absolute atomic E-state index is 11.9. The number of benzene rings is 1. The summed E-state index contributed by atoms with van der Waals surface area (Å²) in [5.74, 6) is 0. The maximum atomic E-state index is 11.9. The molecule has 0 N–H and O–H groups in total. The van der Waals surface area contributed by atoms with E-state index >= 15 is 0 Å².